The van der Waals surface area contributed by atoms with E-state index in [9.17, 15) is 5.11 Å². The first-order chi connectivity index (χ1) is 18.0. The Kier molecular flexibility index (Phi) is 10.4. The summed E-state index contributed by atoms with van der Waals surface area (Å²) in [5.41, 5.74) is 3.89. The quantitative estimate of drug-likeness (QED) is 0.180. The molecule has 0 bridgehead atoms. The molecule has 0 spiro atoms. The molecule has 0 heterocycles. The van der Waals surface area contributed by atoms with Gasteiger partial charge in [0.15, 0.2) is 0 Å². The second-order valence-electron chi connectivity index (χ2n) is 12.6. The second-order valence-corrected chi connectivity index (χ2v) is 16.9. The Morgan fingerprint density at radius 3 is 2.08 bits per heavy atom. The third-order valence-electron chi connectivity index (χ3n) is 8.75. The first-order valence-corrected chi connectivity index (χ1v) is 16.1. The molecule has 1 N–H and O–H groups in total. The van der Waals surface area contributed by atoms with E-state index in [0.717, 1.165) is 32.1 Å². The third-order valence-corrected chi connectivity index (χ3v) is 13.8. The lowest BCUT2D eigenvalue weighted by Crippen LogP contribution is -2.66. The summed E-state index contributed by atoms with van der Waals surface area (Å²) >= 11 is 0. The molecule has 1 aliphatic carbocycles. The molecule has 4 heteroatoms. The lowest BCUT2D eigenvalue weighted by Gasteiger charge is -2.44. The van der Waals surface area contributed by atoms with E-state index in [1.54, 1.807) is 0 Å². The number of benzene rings is 2. The van der Waals surface area contributed by atoms with Gasteiger partial charge in [0.25, 0.3) is 8.32 Å². The van der Waals surface area contributed by atoms with Crippen molar-refractivity contribution in [2.24, 2.45) is 11.3 Å². The monoisotopic (exact) mass is 534 g/mol. The zero-order valence-electron chi connectivity index (χ0n) is 24.8. The van der Waals surface area contributed by atoms with Crippen molar-refractivity contribution < 1.29 is 14.3 Å². The molecule has 0 saturated carbocycles. The zero-order valence-corrected chi connectivity index (χ0v) is 25.8. The fraction of sp³-hybridized carbons (Fsp3) is 0.529. The smallest absolute Gasteiger partial charge is 0.261 e. The molecule has 1 aliphatic rings. The predicted octanol–water partition coefficient (Wildman–Crippen LogP) is 7.05. The fourth-order valence-corrected chi connectivity index (χ4v) is 11.2. The number of aliphatic hydroxyl groups is 1. The Bertz CT molecular complexity index is 1030. The van der Waals surface area contributed by atoms with Crippen molar-refractivity contribution in [3.63, 3.8) is 0 Å². The number of allylic oxidation sites excluding steroid dienone is 1. The van der Waals surface area contributed by atoms with Gasteiger partial charge in [0, 0.05) is 20.3 Å². The molecule has 0 aliphatic heterocycles. The van der Waals surface area contributed by atoms with Crippen LogP contribution in [0.2, 0.25) is 5.04 Å². The molecule has 0 saturated heterocycles. The molecule has 3 nitrogen and oxygen atoms in total. The van der Waals surface area contributed by atoms with Crippen LogP contribution in [-0.4, -0.2) is 39.9 Å². The average Bonchev–Trinajstić information content (AvgIpc) is 2.88. The second kappa shape index (κ2) is 12.9. The summed E-state index contributed by atoms with van der Waals surface area (Å²) in [5, 5.41) is 12.6. The molecule has 2 aromatic rings. The highest BCUT2D eigenvalue weighted by molar-refractivity contribution is 6.99. The van der Waals surface area contributed by atoms with Gasteiger partial charge in [-0.15, -0.1) is 0 Å². The number of aliphatic hydroxyl groups excluding tert-OH is 1. The molecule has 3 rings (SSSR count). The first-order valence-electron chi connectivity index (χ1n) is 14.2. The molecule has 0 aromatic heterocycles. The number of methoxy groups -OCH3 is 1. The van der Waals surface area contributed by atoms with E-state index in [-0.39, 0.29) is 29.1 Å². The van der Waals surface area contributed by atoms with E-state index in [1.165, 1.54) is 27.1 Å². The first kappa shape index (κ1) is 30.6. The molecule has 208 valence electrons. The molecule has 2 atom stereocenters. The van der Waals surface area contributed by atoms with Gasteiger partial charge in [0.1, 0.15) is 0 Å². The average molecular weight is 535 g/mol. The molecule has 0 amide bonds. The number of hydrogen-bond donors (Lipinski definition) is 1. The summed E-state index contributed by atoms with van der Waals surface area (Å²) in [4.78, 5) is 0. The van der Waals surface area contributed by atoms with Gasteiger partial charge >= 0.3 is 0 Å². The molecule has 38 heavy (non-hydrogen) atoms. The van der Waals surface area contributed by atoms with Gasteiger partial charge in [-0.05, 0) is 71.3 Å². The van der Waals surface area contributed by atoms with Crippen molar-refractivity contribution in [1.29, 1.82) is 0 Å². The maximum atomic E-state index is 10.0. The van der Waals surface area contributed by atoms with Crippen LogP contribution in [0, 0.1) is 11.3 Å². The third kappa shape index (κ3) is 6.42. The maximum absolute atomic E-state index is 10.0. The highest BCUT2D eigenvalue weighted by atomic mass is 28.4. The van der Waals surface area contributed by atoms with Crippen LogP contribution in [0.15, 0.2) is 84.0 Å². The van der Waals surface area contributed by atoms with Crippen LogP contribution in [0.25, 0.3) is 0 Å². The van der Waals surface area contributed by atoms with Gasteiger partial charge in [0.2, 0.25) is 0 Å². The van der Waals surface area contributed by atoms with Gasteiger partial charge in [-0.2, -0.15) is 0 Å². The molecule has 0 fully saturated rings. The minimum absolute atomic E-state index is 0.00412. The maximum Gasteiger partial charge on any atom is 0.261 e. The summed E-state index contributed by atoms with van der Waals surface area (Å²) in [6.07, 6.45) is 4.72. The van der Waals surface area contributed by atoms with Crippen LogP contribution in [-0.2, 0) is 9.16 Å². The summed E-state index contributed by atoms with van der Waals surface area (Å²) in [6.45, 7) is 19.1. The largest absolute Gasteiger partial charge is 0.407 e. The molecule has 2 aromatic carbocycles. The molecular weight excluding hydrogens is 484 g/mol. The summed E-state index contributed by atoms with van der Waals surface area (Å²) < 4.78 is 13.1. The van der Waals surface area contributed by atoms with E-state index in [4.69, 9.17) is 9.16 Å². The zero-order chi connectivity index (χ0) is 28.0. The van der Waals surface area contributed by atoms with E-state index >= 15 is 0 Å². The van der Waals surface area contributed by atoms with Crippen LogP contribution >= 0.6 is 0 Å². The van der Waals surface area contributed by atoms with Crippen molar-refractivity contribution in [3.8, 4) is 0 Å². The molecule has 0 radical (unpaired) electrons. The molecular formula is C34H50O3Si. The van der Waals surface area contributed by atoms with Crippen molar-refractivity contribution in [3.05, 3.63) is 84.0 Å². The van der Waals surface area contributed by atoms with Gasteiger partial charge in [0.05, 0.1) is 6.10 Å². The summed E-state index contributed by atoms with van der Waals surface area (Å²) in [7, 11) is -0.704. The number of ether oxygens (including phenoxy) is 1. The lowest BCUT2D eigenvalue weighted by atomic mass is 9.63. The van der Waals surface area contributed by atoms with E-state index < -0.39 is 8.32 Å². The number of hydrogen-bond acceptors (Lipinski definition) is 3. The van der Waals surface area contributed by atoms with E-state index in [1.807, 2.05) is 7.11 Å². The molecule has 2 unspecified atom stereocenters. The van der Waals surface area contributed by atoms with Crippen LogP contribution < -0.4 is 10.4 Å². The van der Waals surface area contributed by atoms with Crippen LogP contribution in [0.4, 0.5) is 0 Å². The highest BCUT2D eigenvalue weighted by Gasteiger charge is 2.50. The van der Waals surface area contributed by atoms with Crippen molar-refractivity contribution in [2.45, 2.75) is 84.8 Å². The van der Waals surface area contributed by atoms with Crippen molar-refractivity contribution in [2.75, 3.05) is 20.3 Å². The van der Waals surface area contributed by atoms with Crippen LogP contribution in [0.5, 0.6) is 0 Å². The minimum atomic E-state index is -2.51. The van der Waals surface area contributed by atoms with E-state index in [0.29, 0.717) is 6.61 Å². The number of rotatable bonds is 12. The summed E-state index contributed by atoms with van der Waals surface area (Å²) in [5.74, 6) is 0.270. The van der Waals surface area contributed by atoms with Gasteiger partial charge < -0.3 is 14.3 Å². The van der Waals surface area contributed by atoms with Gasteiger partial charge in [-0.25, -0.2) is 0 Å². The van der Waals surface area contributed by atoms with Gasteiger partial charge in [-0.3, -0.25) is 0 Å². The Hall–Kier alpha value is -1.98. The Morgan fingerprint density at radius 2 is 1.61 bits per heavy atom. The van der Waals surface area contributed by atoms with Crippen LogP contribution in [0.3, 0.4) is 0 Å². The standard InChI is InChI=1S/C34H50O3Si/c1-26(24-31(36-8)32-27(2)21-22-28(25-35)34(32,6)7)16-15-23-37-38(33(3,4)5,29-17-11-9-12-18-29)30-19-13-10-14-20-30/h9-14,17-20,28,31,35H,1,15-16,21-25H2,2-8H3. The topological polar surface area (TPSA) is 38.7 Å². The highest BCUT2D eigenvalue weighted by Crippen LogP contribution is 2.47. The Labute approximate surface area is 233 Å². The van der Waals surface area contributed by atoms with Gasteiger partial charge in [-0.1, -0.05) is 113 Å². The van der Waals surface area contributed by atoms with Crippen molar-refractivity contribution in [1.82, 2.24) is 0 Å². The fourth-order valence-electron chi connectivity index (χ4n) is 6.64. The van der Waals surface area contributed by atoms with E-state index in [2.05, 4.69) is 109 Å². The van der Waals surface area contributed by atoms with Crippen molar-refractivity contribution >= 4 is 18.7 Å². The predicted molar refractivity (Wildman–Crippen MR) is 164 cm³/mol. The Morgan fingerprint density at radius 1 is 1.05 bits per heavy atom. The summed E-state index contributed by atoms with van der Waals surface area (Å²) in [6, 6.07) is 21.7. The SMILES string of the molecule is C=C(CCCO[Si](c1ccccc1)(c1ccccc1)C(C)(C)C)CC(OC)C1=C(C)CCC(CO)C1(C)C. The minimum Gasteiger partial charge on any atom is -0.407 e. The Balaban J connectivity index is 1.73. The normalized spacial score (nSPS) is 18.9. The lowest BCUT2D eigenvalue weighted by molar-refractivity contribution is 0.0674. The van der Waals surface area contributed by atoms with Crippen LogP contribution in [0.1, 0.15) is 73.6 Å².